The van der Waals surface area contributed by atoms with Gasteiger partial charge in [0.15, 0.2) is 0 Å². The number of halogens is 3. The van der Waals surface area contributed by atoms with E-state index in [1.807, 2.05) is 0 Å². The lowest BCUT2D eigenvalue weighted by molar-refractivity contribution is 0.146. The zero-order chi connectivity index (χ0) is 13.1. The molecular formula is C15H25Cl2FN2. The third kappa shape index (κ3) is 4.32. The number of nitrogens with one attached hydrogen (secondary N) is 1. The Balaban J connectivity index is 0.00000180. The van der Waals surface area contributed by atoms with E-state index in [1.165, 1.54) is 22.3 Å². The Labute approximate surface area is 133 Å². The Morgan fingerprint density at radius 1 is 1.10 bits per heavy atom. The molecule has 1 aliphatic rings. The Bertz CT molecular complexity index is 397. The van der Waals surface area contributed by atoms with Gasteiger partial charge in [0.25, 0.3) is 0 Å². The maximum absolute atomic E-state index is 13.5. The first-order chi connectivity index (χ1) is 8.63. The molecular weight excluding hydrogens is 298 g/mol. The molecule has 116 valence electrons. The average molecular weight is 323 g/mol. The van der Waals surface area contributed by atoms with Crippen molar-refractivity contribution in [2.24, 2.45) is 0 Å². The molecule has 0 aromatic heterocycles. The Kier molecular flexibility index (Phi) is 8.68. The Morgan fingerprint density at radius 3 is 2.05 bits per heavy atom. The SMILES string of the molecule is Cc1cc(C)c([C@@H](CF)N2CCNCC2)c(C)c1.Cl.Cl. The van der Waals surface area contributed by atoms with Gasteiger partial charge in [-0.2, -0.15) is 0 Å². The van der Waals surface area contributed by atoms with Crippen molar-refractivity contribution in [3.8, 4) is 0 Å². The summed E-state index contributed by atoms with van der Waals surface area (Å²) < 4.78 is 13.5. The highest BCUT2D eigenvalue weighted by molar-refractivity contribution is 5.85. The molecule has 1 N–H and O–H groups in total. The number of alkyl halides is 1. The van der Waals surface area contributed by atoms with E-state index >= 15 is 0 Å². The molecule has 0 saturated carbocycles. The second kappa shape index (κ2) is 8.83. The van der Waals surface area contributed by atoms with Gasteiger partial charge in [-0.05, 0) is 37.5 Å². The van der Waals surface area contributed by atoms with Crippen LogP contribution < -0.4 is 5.32 Å². The highest BCUT2D eigenvalue weighted by Crippen LogP contribution is 2.28. The van der Waals surface area contributed by atoms with E-state index in [2.05, 4.69) is 43.1 Å². The standard InChI is InChI=1S/C15H23FN2.2ClH/c1-11-8-12(2)15(13(3)9-11)14(10-16)18-6-4-17-5-7-18;;/h8-9,14,17H,4-7,10H2,1-3H3;2*1H/t14-;;/m1../s1. The van der Waals surface area contributed by atoms with Crippen LogP contribution in [-0.4, -0.2) is 37.8 Å². The van der Waals surface area contributed by atoms with Crippen LogP contribution in [-0.2, 0) is 0 Å². The molecule has 0 radical (unpaired) electrons. The number of aryl methyl sites for hydroxylation is 3. The number of benzene rings is 1. The fourth-order valence-electron chi connectivity index (χ4n) is 3.07. The fraction of sp³-hybridized carbons (Fsp3) is 0.600. The summed E-state index contributed by atoms with van der Waals surface area (Å²) in [5.74, 6) is 0. The summed E-state index contributed by atoms with van der Waals surface area (Å²) in [4.78, 5) is 2.27. The van der Waals surface area contributed by atoms with Crippen molar-refractivity contribution < 1.29 is 4.39 Å². The second-order valence-corrected chi connectivity index (χ2v) is 5.27. The molecule has 0 unspecified atom stereocenters. The highest BCUT2D eigenvalue weighted by atomic mass is 35.5. The van der Waals surface area contributed by atoms with Gasteiger partial charge >= 0.3 is 0 Å². The minimum atomic E-state index is -0.301. The van der Waals surface area contributed by atoms with Crippen LogP contribution in [0.4, 0.5) is 4.39 Å². The van der Waals surface area contributed by atoms with E-state index in [0.29, 0.717) is 0 Å². The minimum absolute atomic E-state index is 0. The molecule has 5 heteroatoms. The summed E-state index contributed by atoms with van der Waals surface area (Å²) in [7, 11) is 0. The van der Waals surface area contributed by atoms with Gasteiger partial charge in [0.2, 0.25) is 0 Å². The van der Waals surface area contributed by atoms with Crippen LogP contribution >= 0.6 is 24.8 Å². The number of hydrogen-bond donors (Lipinski definition) is 1. The van der Waals surface area contributed by atoms with E-state index in [-0.39, 0.29) is 37.5 Å². The molecule has 2 rings (SSSR count). The van der Waals surface area contributed by atoms with Gasteiger partial charge in [0.05, 0.1) is 6.04 Å². The molecule has 20 heavy (non-hydrogen) atoms. The quantitative estimate of drug-likeness (QED) is 0.917. The summed E-state index contributed by atoms with van der Waals surface area (Å²) >= 11 is 0. The van der Waals surface area contributed by atoms with E-state index in [0.717, 1.165) is 26.2 Å². The molecule has 0 amide bonds. The van der Waals surface area contributed by atoms with Gasteiger partial charge in [-0.1, -0.05) is 17.7 Å². The first-order valence-corrected chi connectivity index (χ1v) is 6.72. The molecule has 0 aliphatic carbocycles. The molecule has 1 fully saturated rings. The summed E-state index contributed by atoms with van der Waals surface area (Å²) in [6, 6.07) is 4.24. The molecule has 0 bridgehead atoms. The monoisotopic (exact) mass is 322 g/mol. The maximum atomic E-state index is 13.5. The van der Waals surface area contributed by atoms with Gasteiger partial charge in [-0.25, -0.2) is 4.39 Å². The van der Waals surface area contributed by atoms with Crippen molar-refractivity contribution in [1.29, 1.82) is 0 Å². The molecule has 1 aromatic carbocycles. The van der Waals surface area contributed by atoms with Gasteiger partial charge in [-0.3, -0.25) is 4.90 Å². The predicted octanol–water partition coefficient (Wildman–Crippen LogP) is 3.37. The minimum Gasteiger partial charge on any atom is -0.314 e. The Hall–Kier alpha value is -0.350. The summed E-state index contributed by atoms with van der Waals surface area (Å²) in [6.45, 7) is 9.77. The normalized spacial score (nSPS) is 17.0. The van der Waals surface area contributed by atoms with Crippen molar-refractivity contribution in [2.45, 2.75) is 26.8 Å². The molecule has 1 saturated heterocycles. The summed E-state index contributed by atoms with van der Waals surface area (Å²) in [5.41, 5.74) is 4.87. The van der Waals surface area contributed by atoms with Gasteiger partial charge in [0, 0.05) is 26.2 Å². The van der Waals surface area contributed by atoms with Crippen LogP contribution in [0, 0.1) is 20.8 Å². The maximum Gasteiger partial charge on any atom is 0.109 e. The largest absolute Gasteiger partial charge is 0.314 e. The zero-order valence-electron chi connectivity index (χ0n) is 12.4. The van der Waals surface area contributed by atoms with E-state index in [4.69, 9.17) is 0 Å². The van der Waals surface area contributed by atoms with Crippen LogP contribution in [0.3, 0.4) is 0 Å². The first-order valence-electron chi connectivity index (χ1n) is 6.72. The lowest BCUT2D eigenvalue weighted by atomic mass is 9.93. The fourth-order valence-corrected chi connectivity index (χ4v) is 3.07. The molecule has 1 aromatic rings. The van der Waals surface area contributed by atoms with Crippen LogP contribution in [0.25, 0.3) is 0 Å². The average Bonchev–Trinajstić information content (AvgIpc) is 2.34. The third-order valence-electron chi connectivity index (χ3n) is 3.81. The van der Waals surface area contributed by atoms with Crippen molar-refractivity contribution in [1.82, 2.24) is 10.2 Å². The number of rotatable bonds is 3. The van der Waals surface area contributed by atoms with E-state index in [1.54, 1.807) is 0 Å². The van der Waals surface area contributed by atoms with Crippen LogP contribution in [0.1, 0.15) is 28.3 Å². The molecule has 1 heterocycles. The topological polar surface area (TPSA) is 15.3 Å². The summed E-state index contributed by atoms with van der Waals surface area (Å²) in [6.07, 6.45) is 0. The molecule has 2 nitrogen and oxygen atoms in total. The van der Waals surface area contributed by atoms with Crippen LogP contribution in [0.15, 0.2) is 12.1 Å². The van der Waals surface area contributed by atoms with Gasteiger partial charge < -0.3 is 5.32 Å². The van der Waals surface area contributed by atoms with Gasteiger partial charge in [0.1, 0.15) is 6.67 Å². The van der Waals surface area contributed by atoms with Crippen molar-refractivity contribution >= 4 is 24.8 Å². The van der Waals surface area contributed by atoms with Crippen molar-refractivity contribution in [3.05, 3.63) is 34.4 Å². The first kappa shape index (κ1) is 19.7. The third-order valence-corrected chi connectivity index (χ3v) is 3.81. The van der Waals surface area contributed by atoms with E-state index < -0.39 is 0 Å². The number of hydrogen-bond acceptors (Lipinski definition) is 2. The van der Waals surface area contributed by atoms with Crippen molar-refractivity contribution in [3.63, 3.8) is 0 Å². The molecule has 1 atom stereocenters. The highest BCUT2D eigenvalue weighted by Gasteiger charge is 2.24. The zero-order valence-corrected chi connectivity index (χ0v) is 14.0. The number of piperazine rings is 1. The second-order valence-electron chi connectivity index (χ2n) is 5.27. The van der Waals surface area contributed by atoms with Crippen molar-refractivity contribution in [2.75, 3.05) is 32.9 Å². The molecule has 1 aliphatic heterocycles. The Morgan fingerprint density at radius 2 is 1.60 bits per heavy atom. The predicted molar refractivity (Wildman–Crippen MR) is 88.3 cm³/mol. The van der Waals surface area contributed by atoms with Gasteiger partial charge in [-0.15, -0.1) is 24.8 Å². The lowest BCUT2D eigenvalue weighted by Crippen LogP contribution is -2.46. The number of nitrogens with zero attached hydrogens (tertiary/aromatic N) is 1. The summed E-state index contributed by atoms with van der Waals surface area (Å²) in [5, 5.41) is 3.32. The van der Waals surface area contributed by atoms with Crippen LogP contribution in [0.5, 0.6) is 0 Å². The van der Waals surface area contributed by atoms with E-state index in [9.17, 15) is 4.39 Å². The smallest absolute Gasteiger partial charge is 0.109 e. The van der Waals surface area contributed by atoms with Crippen LogP contribution in [0.2, 0.25) is 0 Å². The lowest BCUT2D eigenvalue weighted by Gasteiger charge is -2.35. The molecule has 0 spiro atoms.